The molecule has 7 heteroatoms. The van der Waals surface area contributed by atoms with Crippen molar-refractivity contribution in [2.75, 3.05) is 26.2 Å². The minimum atomic E-state index is 0.178. The van der Waals surface area contributed by atoms with E-state index in [0.29, 0.717) is 11.8 Å². The van der Waals surface area contributed by atoms with Crippen LogP contribution in [0.3, 0.4) is 0 Å². The van der Waals surface area contributed by atoms with Gasteiger partial charge in [-0.05, 0) is 73.7 Å². The first kappa shape index (κ1) is 28.9. The van der Waals surface area contributed by atoms with E-state index in [-0.39, 0.29) is 11.8 Å². The maximum Gasteiger partial charge on any atom is 0.219 e. The van der Waals surface area contributed by atoms with Crippen molar-refractivity contribution in [3.8, 4) is 0 Å². The molecule has 2 aromatic heterocycles. The molecular weight excluding hydrogens is 576 g/mol. The highest BCUT2D eigenvalue weighted by atomic mass is 79.9. The Kier molecular flexibility index (Phi) is 9.13. The molecule has 41 heavy (non-hydrogen) atoms. The molecule has 0 unspecified atom stereocenters. The highest BCUT2D eigenvalue weighted by Crippen LogP contribution is 2.30. The lowest BCUT2D eigenvalue weighted by molar-refractivity contribution is -0.130. The zero-order valence-electron chi connectivity index (χ0n) is 23.9. The summed E-state index contributed by atoms with van der Waals surface area (Å²) in [7, 11) is 0. The minimum absolute atomic E-state index is 0.178. The highest BCUT2D eigenvalue weighted by molar-refractivity contribution is 9.10. The van der Waals surface area contributed by atoms with Crippen LogP contribution in [-0.2, 0) is 9.59 Å². The van der Waals surface area contributed by atoms with E-state index in [1.165, 1.54) is 0 Å². The molecular formula is C34H37BrN4O2. The van der Waals surface area contributed by atoms with E-state index < -0.39 is 0 Å². The lowest BCUT2D eigenvalue weighted by atomic mass is 9.92. The highest BCUT2D eigenvalue weighted by Gasteiger charge is 2.24. The first-order valence-electron chi connectivity index (χ1n) is 14.4. The fourth-order valence-corrected chi connectivity index (χ4v) is 6.21. The third kappa shape index (κ3) is 7.02. The van der Waals surface area contributed by atoms with E-state index in [4.69, 9.17) is 9.97 Å². The second kappa shape index (κ2) is 12.9. The summed E-state index contributed by atoms with van der Waals surface area (Å²) in [5, 5.41) is 2.31. The summed E-state index contributed by atoms with van der Waals surface area (Å²) in [6.45, 7) is 10.5. The van der Waals surface area contributed by atoms with Crippen molar-refractivity contribution in [1.82, 2.24) is 19.8 Å². The van der Waals surface area contributed by atoms with Gasteiger partial charge in [0.1, 0.15) is 0 Å². The number of fused-ring (bicyclic) bond motifs is 2. The Hall–Kier alpha value is -3.58. The molecule has 212 valence electrons. The van der Waals surface area contributed by atoms with Gasteiger partial charge in [0.25, 0.3) is 0 Å². The number of aromatic nitrogens is 2. The zero-order chi connectivity index (χ0) is 28.9. The van der Waals surface area contributed by atoms with Gasteiger partial charge in [0, 0.05) is 78.5 Å². The molecule has 6 nitrogen and oxygen atoms in total. The van der Waals surface area contributed by atoms with Crippen molar-refractivity contribution < 1.29 is 9.59 Å². The molecule has 0 radical (unpaired) electrons. The van der Waals surface area contributed by atoms with Gasteiger partial charge in [0.15, 0.2) is 0 Å². The van der Waals surface area contributed by atoms with E-state index in [9.17, 15) is 9.59 Å². The average molecular weight is 614 g/mol. The number of amides is 2. The normalized spacial score (nSPS) is 16.4. The number of hydrogen-bond donors (Lipinski definition) is 0. The summed E-state index contributed by atoms with van der Waals surface area (Å²) < 4.78 is 1.08. The van der Waals surface area contributed by atoms with Crippen molar-refractivity contribution >= 4 is 55.6 Å². The van der Waals surface area contributed by atoms with Crippen LogP contribution in [0.4, 0.5) is 0 Å². The SMILES string of the molecule is C=Cc1ccc2nc(C3CCN(C(C)=O)CC3)ccc2c1.CC(=O)N1CCC(c2ccc3cc(Br)ccc3n2)CC1. The minimum Gasteiger partial charge on any atom is -0.343 e. The van der Waals surface area contributed by atoms with Crippen LogP contribution in [0, 0.1) is 0 Å². The number of halogens is 1. The number of rotatable bonds is 3. The van der Waals surface area contributed by atoms with Crippen LogP contribution in [-0.4, -0.2) is 57.8 Å². The van der Waals surface area contributed by atoms with E-state index in [2.05, 4.69) is 65.0 Å². The molecule has 4 aromatic rings. The first-order chi connectivity index (χ1) is 19.8. The van der Waals surface area contributed by atoms with Crippen LogP contribution < -0.4 is 0 Å². The Balaban J connectivity index is 0.000000165. The van der Waals surface area contributed by atoms with Crippen LogP contribution in [0.25, 0.3) is 27.9 Å². The van der Waals surface area contributed by atoms with Crippen molar-refractivity contribution in [3.05, 3.63) is 88.7 Å². The van der Waals surface area contributed by atoms with E-state index in [1.54, 1.807) is 13.8 Å². The van der Waals surface area contributed by atoms with E-state index >= 15 is 0 Å². The fourth-order valence-electron chi connectivity index (χ4n) is 5.83. The Morgan fingerprint density at radius 1 is 0.732 bits per heavy atom. The summed E-state index contributed by atoms with van der Waals surface area (Å²) in [6, 6.07) is 20.9. The van der Waals surface area contributed by atoms with Crippen LogP contribution in [0.1, 0.15) is 68.3 Å². The quantitative estimate of drug-likeness (QED) is 0.243. The third-order valence-electron chi connectivity index (χ3n) is 8.36. The predicted octanol–water partition coefficient (Wildman–Crippen LogP) is 7.33. The molecule has 2 fully saturated rings. The maximum absolute atomic E-state index is 11.4. The van der Waals surface area contributed by atoms with Gasteiger partial charge in [-0.2, -0.15) is 0 Å². The van der Waals surface area contributed by atoms with Crippen LogP contribution in [0.15, 0.2) is 71.7 Å². The third-order valence-corrected chi connectivity index (χ3v) is 8.85. The number of benzene rings is 2. The Bertz CT molecular complexity index is 1570. The molecule has 0 atom stereocenters. The maximum atomic E-state index is 11.4. The monoisotopic (exact) mass is 612 g/mol. The lowest BCUT2D eigenvalue weighted by Crippen LogP contribution is -2.36. The Labute approximate surface area is 250 Å². The van der Waals surface area contributed by atoms with E-state index in [0.717, 1.165) is 95.1 Å². The molecule has 2 aliphatic rings. The molecule has 6 rings (SSSR count). The second-order valence-corrected chi connectivity index (χ2v) is 11.9. The fraction of sp³-hybridized carbons (Fsp3) is 0.353. The van der Waals surface area contributed by atoms with Gasteiger partial charge in [-0.3, -0.25) is 19.6 Å². The van der Waals surface area contributed by atoms with Gasteiger partial charge >= 0.3 is 0 Å². The smallest absolute Gasteiger partial charge is 0.219 e. The molecule has 0 spiro atoms. The zero-order valence-corrected chi connectivity index (χ0v) is 25.4. The molecule has 2 aliphatic heterocycles. The first-order valence-corrected chi connectivity index (χ1v) is 15.2. The number of nitrogens with zero attached hydrogens (tertiary/aromatic N) is 4. The summed E-state index contributed by atoms with van der Waals surface area (Å²) in [6.07, 6.45) is 5.87. The largest absolute Gasteiger partial charge is 0.343 e. The summed E-state index contributed by atoms with van der Waals surface area (Å²) in [5.74, 6) is 1.29. The summed E-state index contributed by atoms with van der Waals surface area (Å²) in [5.41, 5.74) is 5.50. The van der Waals surface area contributed by atoms with Gasteiger partial charge in [-0.15, -0.1) is 0 Å². The van der Waals surface area contributed by atoms with Crippen molar-refractivity contribution in [2.24, 2.45) is 0 Å². The molecule has 4 heterocycles. The number of hydrogen-bond acceptors (Lipinski definition) is 4. The van der Waals surface area contributed by atoms with E-state index in [1.807, 2.05) is 34.1 Å². The Morgan fingerprint density at radius 3 is 1.66 bits per heavy atom. The number of piperidine rings is 2. The molecule has 2 amide bonds. The predicted molar refractivity (Wildman–Crippen MR) is 170 cm³/mol. The van der Waals surface area contributed by atoms with Crippen LogP contribution in [0.2, 0.25) is 0 Å². The van der Waals surface area contributed by atoms with Gasteiger partial charge in [-0.1, -0.05) is 46.8 Å². The summed E-state index contributed by atoms with van der Waals surface area (Å²) in [4.78, 5) is 36.2. The summed E-state index contributed by atoms with van der Waals surface area (Å²) >= 11 is 3.48. The molecule has 0 saturated carbocycles. The average Bonchev–Trinajstić information content (AvgIpc) is 3.00. The molecule has 0 bridgehead atoms. The molecule has 2 saturated heterocycles. The Morgan fingerprint density at radius 2 is 1.20 bits per heavy atom. The van der Waals surface area contributed by atoms with Gasteiger partial charge in [0.05, 0.1) is 11.0 Å². The van der Waals surface area contributed by atoms with Crippen LogP contribution >= 0.6 is 15.9 Å². The lowest BCUT2D eigenvalue weighted by Gasteiger charge is -2.31. The topological polar surface area (TPSA) is 66.4 Å². The number of likely N-dealkylation sites (tertiary alicyclic amines) is 2. The number of carbonyl (C=O) groups is 2. The van der Waals surface area contributed by atoms with Crippen LogP contribution in [0.5, 0.6) is 0 Å². The number of carbonyl (C=O) groups excluding carboxylic acids is 2. The van der Waals surface area contributed by atoms with Gasteiger partial charge < -0.3 is 9.80 Å². The van der Waals surface area contributed by atoms with Crippen molar-refractivity contribution in [3.63, 3.8) is 0 Å². The van der Waals surface area contributed by atoms with Crippen molar-refractivity contribution in [1.29, 1.82) is 0 Å². The molecule has 2 aromatic carbocycles. The van der Waals surface area contributed by atoms with Gasteiger partial charge in [-0.25, -0.2) is 0 Å². The second-order valence-electron chi connectivity index (χ2n) is 11.0. The van der Waals surface area contributed by atoms with Crippen molar-refractivity contribution in [2.45, 2.75) is 51.4 Å². The number of pyridine rings is 2. The standard InChI is InChI=1S/C18H20N2O.C16H17BrN2O/c1-3-14-4-6-18-16(12-14)5-7-17(19-18)15-8-10-20(11-9-15)13(2)21;1-11(20)19-8-6-12(7-9-19)15-4-2-13-10-14(17)3-5-16(13)18-15/h3-7,12,15H,1,8-11H2,2H3;2-5,10,12H,6-9H2,1H3. The molecule has 0 N–H and O–H groups in total. The van der Waals surface area contributed by atoms with Gasteiger partial charge in [0.2, 0.25) is 11.8 Å². The molecule has 0 aliphatic carbocycles.